The van der Waals surface area contributed by atoms with Crippen LogP contribution in [0.4, 0.5) is 26.3 Å². The van der Waals surface area contributed by atoms with Crippen LogP contribution < -0.4 is 4.74 Å². The number of ether oxygens (including phenoxy) is 1. The van der Waals surface area contributed by atoms with Crippen molar-refractivity contribution < 1.29 is 40.5 Å². The van der Waals surface area contributed by atoms with E-state index in [1.54, 1.807) is 13.8 Å². The molecule has 13 heteroatoms. The van der Waals surface area contributed by atoms with Crippen molar-refractivity contribution in [3.8, 4) is 5.88 Å². The Balaban J connectivity index is 2.45. The molecule has 2 rings (SSSR count). The average molecular weight is 393 g/mol. The molecule has 25 heavy (non-hydrogen) atoms. The molecule has 0 spiro atoms. The molecule has 1 aromatic heterocycles. The minimum atomic E-state index is -5.17. The molecule has 0 fully saturated rings. The molecule has 0 aromatic carbocycles. The maximum absolute atomic E-state index is 14.6. The fraction of sp³-hybridized carbons (Fsp3) is 0.667. The van der Waals surface area contributed by atoms with Gasteiger partial charge in [-0.2, -0.15) is 31.4 Å². The van der Waals surface area contributed by atoms with Crippen LogP contribution in [0.25, 0.3) is 0 Å². The summed E-state index contributed by atoms with van der Waals surface area (Å²) < 4.78 is 95.3. The third kappa shape index (κ3) is 4.14. The van der Waals surface area contributed by atoms with Gasteiger partial charge in [-0.3, -0.25) is 0 Å². The van der Waals surface area contributed by atoms with Gasteiger partial charge in [-0.1, -0.05) is 0 Å². The molecule has 1 aliphatic heterocycles. The Labute approximate surface area is 140 Å². The van der Waals surface area contributed by atoms with E-state index in [1.807, 2.05) is 0 Å². The van der Waals surface area contributed by atoms with E-state index in [-0.39, 0.29) is 11.5 Å². The van der Waals surface area contributed by atoms with Gasteiger partial charge in [0.1, 0.15) is 11.2 Å². The summed E-state index contributed by atoms with van der Waals surface area (Å²) in [7, 11) is 0.866. The van der Waals surface area contributed by atoms with Crippen LogP contribution in [0.15, 0.2) is 5.16 Å². The number of aromatic nitrogens is 2. The Bertz CT molecular complexity index is 676. The lowest BCUT2D eigenvalue weighted by atomic mass is 10.1. The minimum Gasteiger partial charge on any atom is -0.608 e. The van der Waals surface area contributed by atoms with Gasteiger partial charge in [0.05, 0.1) is 6.42 Å². The van der Waals surface area contributed by atoms with Crippen LogP contribution in [-0.2, 0) is 29.2 Å². The second kappa shape index (κ2) is 6.59. The highest BCUT2D eigenvalue weighted by atomic mass is 32.2. The summed E-state index contributed by atoms with van der Waals surface area (Å²) in [5, 5.41) is 6.05. The number of oxime groups is 1. The van der Waals surface area contributed by atoms with Gasteiger partial charge in [-0.15, -0.1) is 0 Å². The lowest BCUT2D eigenvalue weighted by Gasteiger charge is -2.17. The van der Waals surface area contributed by atoms with Crippen molar-refractivity contribution in [2.24, 2.45) is 12.2 Å². The second-order valence-corrected chi connectivity index (χ2v) is 7.17. The van der Waals surface area contributed by atoms with Crippen molar-refractivity contribution in [2.45, 2.75) is 44.2 Å². The Hall–Kier alpha value is -1.63. The fourth-order valence-corrected chi connectivity index (χ4v) is 3.37. The predicted molar refractivity (Wildman–Crippen MR) is 74.0 cm³/mol. The van der Waals surface area contributed by atoms with Crippen molar-refractivity contribution in [3.63, 3.8) is 0 Å². The Morgan fingerprint density at radius 1 is 1.32 bits per heavy atom. The summed E-state index contributed by atoms with van der Waals surface area (Å²) in [4.78, 5) is 4.89. The first-order chi connectivity index (χ1) is 11.3. The van der Waals surface area contributed by atoms with Gasteiger partial charge >= 0.3 is 12.8 Å². The van der Waals surface area contributed by atoms with Crippen molar-refractivity contribution in [2.75, 3.05) is 0 Å². The topological polar surface area (TPSA) is 71.7 Å². The van der Waals surface area contributed by atoms with Crippen molar-refractivity contribution in [3.05, 3.63) is 11.3 Å². The molecule has 0 saturated heterocycles. The van der Waals surface area contributed by atoms with Gasteiger partial charge < -0.3 is 14.1 Å². The van der Waals surface area contributed by atoms with Crippen molar-refractivity contribution in [1.82, 2.24) is 9.78 Å². The molecule has 0 aliphatic carbocycles. The van der Waals surface area contributed by atoms with E-state index in [1.165, 1.54) is 0 Å². The molecular formula is C12H13F6N3O3S. The van der Waals surface area contributed by atoms with Crippen LogP contribution in [0.1, 0.15) is 37.0 Å². The number of alkyl halides is 6. The molecule has 6 nitrogen and oxygen atoms in total. The minimum absolute atomic E-state index is 0.104. The maximum Gasteiger partial charge on any atom is 0.435 e. The van der Waals surface area contributed by atoms with E-state index in [9.17, 15) is 30.9 Å². The summed E-state index contributed by atoms with van der Waals surface area (Å²) in [6.45, 7) is -0.434. The number of aryl methyl sites for hydroxylation is 1. The van der Waals surface area contributed by atoms with Gasteiger partial charge in [0.2, 0.25) is 5.88 Å². The van der Waals surface area contributed by atoms with Crippen LogP contribution in [0.2, 0.25) is 0 Å². The van der Waals surface area contributed by atoms with Crippen LogP contribution in [0.3, 0.4) is 0 Å². The largest absolute Gasteiger partial charge is 0.608 e. The standard InChI is InChI=1S/C12H13F6N3O3S/c1-11(2)4-5(20-24-11)25(22)8(13)6-7(12(16,17)18)19-21(3)9(6)23-10(14)15/h8,10H,4H2,1-3H3. The van der Waals surface area contributed by atoms with Crippen molar-refractivity contribution in [1.29, 1.82) is 0 Å². The number of hydrogen-bond acceptors (Lipinski definition) is 5. The number of nitrogens with zero attached hydrogens (tertiary/aromatic N) is 3. The monoisotopic (exact) mass is 393 g/mol. The number of halogens is 6. The zero-order chi connectivity index (χ0) is 19.2. The van der Waals surface area contributed by atoms with Gasteiger partial charge in [0.25, 0.3) is 10.5 Å². The Morgan fingerprint density at radius 2 is 1.92 bits per heavy atom. The highest BCUT2D eigenvalue weighted by Gasteiger charge is 2.48. The predicted octanol–water partition coefficient (Wildman–Crippen LogP) is 3.27. The average Bonchev–Trinajstić information content (AvgIpc) is 2.97. The number of rotatable bonds is 4. The maximum atomic E-state index is 14.6. The highest BCUT2D eigenvalue weighted by molar-refractivity contribution is 8.06. The first-order valence-corrected chi connectivity index (χ1v) is 7.93. The summed E-state index contributed by atoms with van der Waals surface area (Å²) in [5.74, 6) is -1.16. The van der Waals surface area contributed by atoms with Crippen LogP contribution in [-0.4, -0.2) is 31.6 Å². The van der Waals surface area contributed by atoms with E-state index < -0.39 is 52.2 Å². The normalized spacial score (nSPS) is 19.6. The quantitative estimate of drug-likeness (QED) is 0.582. The first kappa shape index (κ1) is 19.7. The third-order valence-electron chi connectivity index (χ3n) is 3.12. The van der Waals surface area contributed by atoms with Gasteiger partial charge in [-0.25, -0.2) is 4.68 Å². The molecule has 142 valence electrons. The van der Waals surface area contributed by atoms with Crippen LogP contribution >= 0.6 is 0 Å². The molecule has 0 saturated carbocycles. The van der Waals surface area contributed by atoms with Gasteiger partial charge in [0, 0.05) is 18.2 Å². The summed E-state index contributed by atoms with van der Waals surface area (Å²) in [6.07, 6.45) is -5.27. The molecule has 2 atom stereocenters. The third-order valence-corrected chi connectivity index (χ3v) is 4.41. The van der Waals surface area contributed by atoms with E-state index in [0.29, 0.717) is 4.68 Å². The molecule has 0 bridgehead atoms. The molecule has 0 N–H and O–H groups in total. The SMILES string of the molecule is Cn1nc(C(F)(F)F)c(C(F)[S+]([O-])C2=NOC(C)(C)C2)c1OC(F)F. The van der Waals surface area contributed by atoms with E-state index in [0.717, 1.165) is 7.05 Å². The van der Waals surface area contributed by atoms with E-state index >= 15 is 0 Å². The Kier molecular flexibility index (Phi) is 5.19. The molecule has 1 aliphatic rings. The van der Waals surface area contributed by atoms with Gasteiger partial charge in [-0.05, 0) is 19.0 Å². The van der Waals surface area contributed by atoms with Crippen LogP contribution in [0, 0.1) is 0 Å². The molecular weight excluding hydrogens is 380 g/mol. The van der Waals surface area contributed by atoms with Crippen LogP contribution in [0.5, 0.6) is 5.88 Å². The zero-order valence-electron chi connectivity index (χ0n) is 13.1. The number of hydrogen-bond donors (Lipinski definition) is 0. The summed E-state index contributed by atoms with van der Waals surface area (Å²) >= 11 is -2.71. The Morgan fingerprint density at radius 3 is 2.36 bits per heavy atom. The summed E-state index contributed by atoms with van der Waals surface area (Å²) in [6, 6.07) is 0. The summed E-state index contributed by atoms with van der Waals surface area (Å²) in [5.41, 5.74) is -6.92. The zero-order valence-corrected chi connectivity index (χ0v) is 13.9. The molecule has 2 unspecified atom stereocenters. The molecule has 0 radical (unpaired) electrons. The smallest absolute Gasteiger partial charge is 0.435 e. The van der Waals surface area contributed by atoms with Crippen molar-refractivity contribution >= 4 is 16.2 Å². The van der Waals surface area contributed by atoms with E-state index in [4.69, 9.17) is 4.84 Å². The first-order valence-electron chi connectivity index (χ1n) is 6.72. The molecule has 1 aromatic rings. The van der Waals surface area contributed by atoms with Gasteiger partial charge in [0.15, 0.2) is 5.69 Å². The molecule has 0 amide bonds. The fourth-order valence-electron chi connectivity index (χ4n) is 2.10. The molecule has 2 heterocycles. The highest BCUT2D eigenvalue weighted by Crippen LogP contribution is 2.43. The lowest BCUT2D eigenvalue weighted by molar-refractivity contribution is -0.142. The second-order valence-electron chi connectivity index (χ2n) is 5.69. The van der Waals surface area contributed by atoms with E-state index in [2.05, 4.69) is 15.0 Å². The lowest BCUT2D eigenvalue weighted by Crippen LogP contribution is -2.26.